The maximum absolute atomic E-state index is 12.2. The second-order valence-electron chi connectivity index (χ2n) is 5.56. The molecule has 4 N–H and O–H groups in total. The molecule has 2 rings (SSSR count). The number of carbonyl (C=O) groups excluding carboxylic acids is 2. The van der Waals surface area contributed by atoms with Crippen LogP contribution >= 0.6 is 12.4 Å². The molecule has 2 bridgehead atoms. The SMILES string of the molecule is CCNC(=O)C(C)NC(=O)C1C2CCC(C2)C1N.Cl. The molecule has 0 aromatic carbocycles. The zero-order valence-corrected chi connectivity index (χ0v) is 12.3. The van der Waals surface area contributed by atoms with E-state index in [2.05, 4.69) is 10.6 Å². The van der Waals surface area contributed by atoms with Crippen molar-refractivity contribution in [2.45, 2.75) is 45.2 Å². The van der Waals surface area contributed by atoms with Gasteiger partial charge in [-0.15, -0.1) is 12.4 Å². The van der Waals surface area contributed by atoms with Gasteiger partial charge >= 0.3 is 0 Å². The van der Waals surface area contributed by atoms with Crippen LogP contribution in [0.4, 0.5) is 0 Å². The Morgan fingerprint density at radius 3 is 2.47 bits per heavy atom. The zero-order chi connectivity index (χ0) is 13.3. The van der Waals surface area contributed by atoms with E-state index in [1.807, 2.05) is 6.92 Å². The summed E-state index contributed by atoms with van der Waals surface area (Å²) in [6, 6.07) is -0.506. The lowest BCUT2D eigenvalue weighted by Crippen LogP contribution is -2.51. The summed E-state index contributed by atoms with van der Waals surface area (Å²) < 4.78 is 0. The minimum atomic E-state index is -0.483. The van der Waals surface area contributed by atoms with Gasteiger partial charge in [-0.2, -0.15) is 0 Å². The Kier molecular flexibility index (Phi) is 5.62. The summed E-state index contributed by atoms with van der Waals surface area (Å²) in [6.07, 6.45) is 3.34. The maximum Gasteiger partial charge on any atom is 0.242 e. The predicted molar refractivity (Wildman–Crippen MR) is 75.8 cm³/mol. The molecule has 0 aromatic rings. The van der Waals surface area contributed by atoms with E-state index in [9.17, 15) is 9.59 Å². The summed E-state index contributed by atoms with van der Waals surface area (Å²) in [5, 5.41) is 5.49. The van der Waals surface area contributed by atoms with E-state index in [-0.39, 0.29) is 36.2 Å². The van der Waals surface area contributed by atoms with Crippen LogP contribution in [0.3, 0.4) is 0 Å². The van der Waals surface area contributed by atoms with Gasteiger partial charge in [-0.1, -0.05) is 0 Å². The predicted octanol–water partition coefficient (Wildman–Crippen LogP) is 0.422. The first-order valence-electron chi connectivity index (χ1n) is 6.88. The number of halogens is 1. The third kappa shape index (κ3) is 3.20. The Bertz CT molecular complexity index is 349. The average Bonchev–Trinajstić information content (AvgIpc) is 2.89. The third-order valence-corrected chi connectivity index (χ3v) is 4.39. The normalized spacial score (nSPS) is 33.4. The molecule has 5 atom stereocenters. The van der Waals surface area contributed by atoms with E-state index in [1.165, 1.54) is 0 Å². The van der Waals surface area contributed by atoms with Crippen LogP contribution in [0.15, 0.2) is 0 Å². The fourth-order valence-corrected chi connectivity index (χ4v) is 3.43. The van der Waals surface area contributed by atoms with Crippen molar-refractivity contribution < 1.29 is 9.59 Å². The van der Waals surface area contributed by atoms with Gasteiger partial charge in [0, 0.05) is 12.6 Å². The highest BCUT2D eigenvalue weighted by molar-refractivity contribution is 5.88. The van der Waals surface area contributed by atoms with E-state index in [1.54, 1.807) is 6.92 Å². The summed E-state index contributed by atoms with van der Waals surface area (Å²) >= 11 is 0. The van der Waals surface area contributed by atoms with Gasteiger partial charge in [-0.3, -0.25) is 9.59 Å². The number of hydrogen-bond donors (Lipinski definition) is 3. The van der Waals surface area contributed by atoms with E-state index in [0.29, 0.717) is 18.4 Å². The highest BCUT2D eigenvalue weighted by atomic mass is 35.5. The van der Waals surface area contributed by atoms with Gasteiger partial charge in [0.25, 0.3) is 0 Å². The molecule has 5 nitrogen and oxygen atoms in total. The van der Waals surface area contributed by atoms with Crippen LogP contribution in [0.25, 0.3) is 0 Å². The summed E-state index contributed by atoms with van der Waals surface area (Å²) in [5.74, 6) is 0.647. The van der Waals surface area contributed by atoms with Crippen LogP contribution < -0.4 is 16.4 Å². The van der Waals surface area contributed by atoms with Gasteiger partial charge in [0.05, 0.1) is 5.92 Å². The van der Waals surface area contributed by atoms with Crippen LogP contribution in [0.1, 0.15) is 33.1 Å². The fraction of sp³-hybridized carbons (Fsp3) is 0.846. The van der Waals surface area contributed by atoms with Crippen molar-refractivity contribution in [1.29, 1.82) is 0 Å². The second-order valence-corrected chi connectivity index (χ2v) is 5.56. The molecule has 6 heteroatoms. The summed E-state index contributed by atoms with van der Waals surface area (Å²) in [6.45, 7) is 4.15. The lowest BCUT2D eigenvalue weighted by Gasteiger charge is -2.28. The molecule has 5 unspecified atom stereocenters. The quantitative estimate of drug-likeness (QED) is 0.701. The van der Waals surface area contributed by atoms with Crippen molar-refractivity contribution in [2.75, 3.05) is 6.54 Å². The van der Waals surface area contributed by atoms with Crippen molar-refractivity contribution in [2.24, 2.45) is 23.5 Å². The van der Waals surface area contributed by atoms with Gasteiger partial charge in [0.1, 0.15) is 6.04 Å². The molecule has 2 saturated carbocycles. The summed E-state index contributed by atoms with van der Waals surface area (Å²) in [7, 11) is 0. The molecule has 0 radical (unpaired) electrons. The topological polar surface area (TPSA) is 84.2 Å². The Morgan fingerprint density at radius 2 is 1.95 bits per heavy atom. The minimum absolute atomic E-state index is 0. The number of amides is 2. The largest absolute Gasteiger partial charge is 0.355 e. The van der Waals surface area contributed by atoms with Gasteiger partial charge in [0.2, 0.25) is 11.8 Å². The van der Waals surface area contributed by atoms with Crippen molar-refractivity contribution in [3.63, 3.8) is 0 Å². The molecule has 110 valence electrons. The first kappa shape index (κ1) is 16.2. The molecule has 0 spiro atoms. The minimum Gasteiger partial charge on any atom is -0.355 e. The Balaban J connectivity index is 0.00000180. The molecule has 0 saturated heterocycles. The maximum atomic E-state index is 12.2. The van der Waals surface area contributed by atoms with Crippen LogP contribution in [0.2, 0.25) is 0 Å². The highest BCUT2D eigenvalue weighted by Gasteiger charge is 2.49. The van der Waals surface area contributed by atoms with Gasteiger partial charge in [-0.25, -0.2) is 0 Å². The van der Waals surface area contributed by atoms with E-state index in [4.69, 9.17) is 5.73 Å². The number of nitrogens with one attached hydrogen (secondary N) is 2. The van der Waals surface area contributed by atoms with Crippen LogP contribution in [-0.2, 0) is 9.59 Å². The lowest BCUT2D eigenvalue weighted by atomic mass is 9.84. The molecular weight excluding hydrogens is 266 g/mol. The van der Waals surface area contributed by atoms with Crippen molar-refractivity contribution >= 4 is 24.2 Å². The molecule has 0 heterocycles. The Hall–Kier alpha value is -0.810. The molecule has 0 aromatic heterocycles. The standard InChI is InChI=1S/C13H23N3O2.ClH/c1-3-15-12(17)7(2)16-13(18)10-8-4-5-9(6-8)11(10)14;/h7-11H,3-6,14H2,1-2H3,(H,15,17)(H,16,18);1H. The Morgan fingerprint density at radius 1 is 1.32 bits per heavy atom. The van der Waals surface area contributed by atoms with Crippen LogP contribution in [0, 0.1) is 17.8 Å². The highest BCUT2D eigenvalue weighted by Crippen LogP contribution is 2.47. The fourth-order valence-electron chi connectivity index (χ4n) is 3.43. The first-order valence-corrected chi connectivity index (χ1v) is 6.88. The van der Waals surface area contributed by atoms with Crippen LogP contribution in [-0.4, -0.2) is 30.4 Å². The number of likely N-dealkylation sites (N-methyl/N-ethyl adjacent to an activating group) is 1. The van der Waals surface area contributed by atoms with E-state index < -0.39 is 6.04 Å². The van der Waals surface area contributed by atoms with Crippen LogP contribution in [0.5, 0.6) is 0 Å². The molecule has 2 amide bonds. The number of nitrogens with two attached hydrogens (primary N) is 1. The smallest absolute Gasteiger partial charge is 0.242 e. The number of fused-ring (bicyclic) bond motifs is 2. The Labute approximate surface area is 120 Å². The molecule has 19 heavy (non-hydrogen) atoms. The van der Waals surface area contributed by atoms with Crippen molar-refractivity contribution in [3.05, 3.63) is 0 Å². The molecule has 0 aliphatic heterocycles. The molecule has 2 aliphatic rings. The van der Waals surface area contributed by atoms with Gasteiger partial charge < -0.3 is 16.4 Å². The van der Waals surface area contributed by atoms with E-state index in [0.717, 1.165) is 19.3 Å². The second kappa shape index (κ2) is 6.57. The summed E-state index contributed by atoms with van der Waals surface area (Å²) in [5.41, 5.74) is 6.11. The number of hydrogen-bond acceptors (Lipinski definition) is 3. The molecule has 2 fully saturated rings. The first-order chi connectivity index (χ1) is 8.54. The average molecular weight is 290 g/mol. The molecule has 2 aliphatic carbocycles. The van der Waals surface area contributed by atoms with Gasteiger partial charge in [-0.05, 0) is 44.9 Å². The third-order valence-electron chi connectivity index (χ3n) is 4.39. The zero-order valence-electron chi connectivity index (χ0n) is 11.5. The van der Waals surface area contributed by atoms with E-state index >= 15 is 0 Å². The molecular formula is C13H24ClN3O2. The summed E-state index contributed by atoms with van der Waals surface area (Å²) in [4.78, 5) is 23.8. The van der Waals surface area contributed by atoms with Crippen molar-refractivity contribution in [1.82, 2.24) is 10.6 Å². The van der Waals surface area contributed by atoms with Gasteiger partial charge in [0.15, 0.2) is 0 Å². The number of rotatable bonds is 4. The number of carbonyl (C=O) groups is 2. The monoisotopic (exact) mass is 289 g/mol. The lowest BCUT2D eigenvalue weighted by molar-refractivity contribution is -0.132. The van der Waals surface area contributed by atoms with Crippen molar-refractivity contribution in [3.8, 4) is 0 Å².